The van der Waals surface area contributed by atoms with Gasteiger partial charge in [-0.05, 0) is 39.0 Å². The minimum absolute atomic E-state index is 0.251. The molecule has 0 fully saturated rings. The fourth-order valence-corrected chi connectivity index (χ4v) is 1.30. The number of benzene rings is 1. The first-order valence-corrected chi connectivity index (χ1v) is 5.00. The number of hydrogen-bond donors (Lipinski definition) is 2. The van der Waals surface area contributed by atoms with Crippen molar-refractivity contribution in [3.63, 3.8) is 0 Å². The van der Waals surface area contributed by atoms with E-state index in [1.807, 2.05) is 20.8 Å². The topological polar surface area (TPSA) is 83.8 Å². The van der Waals surface area contributed by atoms with Gasteiger partial charge in [0.05, 0.1) is 11.1 Å². The Morgan fingerprint density at radius 2 is 1.59 bits per heavy atom. The van der Waals surface area contributed by atoms with Crippen LogP contribution in [0.4, 0.5) is 0 Å². The molecule has 0 aliphatic carbocycles. The molecule has 0 amide bonds. The Labute approximate surface area is 98.6 Å². The van der Waals surface area contributed by atoms with E-state index in [4.69, 9.17) is 14.9 Å². The van der Waals surface area contributed by atoms with Gasteiger partial charge >= 0.3 is 11.9 Å². The van der Waals surface area contributed by atoms with Gasteiger partial charge in [0.2, 0.25) is 0 Å². The summed E-state index contributed by atoms with van der Waals surface area (Å²) in [5, 5.41) is 17.8. The molecule has 0 radical (unpaired) electrons. The van der Waals surface area contributed by atoms with Crippen LogP contribution in [0.15, 0.2) is 18.2 Å². The van der Waals surface area contributed by atoms with Gasteiger partial charge in [0.25, 0.3) is 0 Å². The number of carbonyl (C=O) groups is 2. The molecule has 0 heterocycles. The molecule has 0 atom stereocenters. The van der Waals surface area contributed by atoms with Crippen molar-refractivity contribution in [3.8, 4) is 5.75 Å². The second-order valence-corrected chi connectivity index (χ2v) is 4.53. The first-order chi connectivity index (χ1) is 7.70. The van der Waals surface area contributed by atoms with Gasteiger partial charge in [-0.25, -0.2) is 9.59 Å². The van der Waals surface area contributed by atoms with Gasteiger partial charge in [-0.15, -0.1) is 0 Å². The van der Waals surface area contributed by atoms with Crippen LogP contribution in [0, 0.1) is 0 Å². The minimum Gasteiger partial charge on any atom is -0.488 e. The van der Waals surface area contributed by atoms with Crippen molar-refractivity contribution in [3.05, 3.63) is 29.3 Å². The number of carboxylic acids is 2. The normalized spacial score (nSPS) is 11.0. The van der Waals surface area contributed by atoms with Crippen LogP contribution in [0.2, 0.25) is 0 Å². The number of aromatic carboxylic acids is 2. The highest BCUT2D eigenvalue weighted by Gasteiger charge is 2.19. The highest BCUT2D eigenvalue weighted by Crippen LogP contribution is 2.22. The average molecular weight is 238 g/mol. The molecule has 0 aliphatic rings. The summed E-state index contributed by atoms with van der Waals surface area (Å²) in [4.78, 5) is 21.7. The standard InChI is InChI=1S/C12H14O5/c1-12(2,3)17-7-4-5-8(10(13)14)9(6-7)11(15)16/h4-6H,1-3H3,(H,13,14)(H,15,16). The highest BCUT2D eigenvalue weighted by atomic mass is 16.5. The Hall–Kier alpha value is -2.04. The lowest BCUT2D eigenvalue weighted by Gasteiger charge is -2.21. The van der Waals surface area contributed by atoms with Crippen molar-refractivity contribution in [2.75, 3.05) is 0 Å². The zero-order chi connectivity index (χ0) is 13.2. The Balaban J connectivity index is 3.19. The molecule has 0 saturated heterocycles. The summed E-state index contributed by atoms with van der Waals surface area (Å²) in [5.74, 6) is -2.23. The number of hydrogen-bond acceptors (Lipinski definition) is 3. The van der Waals surface area contributed by atoms with Gasteiger partial charge in [0, 0.05) is 0 Å². The van der Waals surface area contributed by atoms with Crippen LogP contribution in [0.3, 0.4) is 0 Å². The molecular formula is C12H14O5. The Kier molecular flexibility index (Phi) is 3.41. The van der Waals surface area contributed by atoms with Crippen molar-refractivity contribution in [1.82, 2.24) is 0 Å². The van der Waals surface area contributed by atoms with E-state index in [1.165, 1.54) is 18.2 Å². The molecule has 0 spiro atoms. The second-order valence-electron chi connectivity index (χ2n) is 4.53. The molecule has 0 aliphatic heterocycles. The third-order valence-electron chi connectivity index (χ3n) is 1.88. The molecule has 5 heteroatoms. The average Bonchev–Trinajstić information content (AvgIpc) is 2.14. The smallest absolute Gasteiger partial charge is 0.336 e. The summed E-state index contributed by atoms with van der Waals surface area (Å²) in [6, 6.07) is 3.89. The third kappa shape index (κ3) is 3.48. The summed E-state index contributed by atoms with van der Waals surface area (Å²) in [6.45, 7) is 5.45. The molecule has 0 aromatic heterocycles. The molecule has 2 N–H and O–H groups in total. The van der Waals surface area contributed by atoms with E-state index in [9.17, 15) is 9.59 Å². The van der Waals surface area contributed by atoms with Crippen LogP contribution >= 0.6 is 0 Å². The predicted octanol–water partition coefficient (Wildman–Crippen LogP) is 2.26. The summed E-state index contributed by atoms with van der Waals surface area (Å²) >= 11 is 0. The molecule has 92 valence electrons. The SMILES string of the molecule is CC(C)(C)Oc1ccc(C(=O)O)c(C(=O)O)c1. The fourth-order valence-electron chi connectivity index (χ4n) is 1.30. The van der Waals surface area contributed by atoms with E-state index < -0.39 is 17.5 Å². The molecule has 1 aromatic rings. The quantitative estimate of drug-likeness (QED) is 0.843. The Bertz CT molecular complexity index is 456. The van der Waals surface area contributed by atoms with E-state index in [0.717, 1.165) is 0 Å². The summed E-state index contributed by atoms with van der Waals surface area (Å²) < 4.78 is 5.47. The van der Waals surface area contributed by atoms with Crippen molar-refractivity contribution < 1.29 is 24.5 Å². The maximum absolute atomic E-state index is 10.9. The largest absolute Gasteiger partial charge is 0.488 e. The molecule has 17 heavy (non-hydrogen) atoms. The number of ether oxygens (including phenoxy) is 1. The maximum Gasteiger partial charge on any atom is 0.336 e. The number of rotatable bonds is 3. The van der Waals surface area contributed by atoms with Gasteiger partial charge < -0.3 is 14.9 Å². The predicted molar refractivity (Wildman–Crippen MR) is 60.7 cm³/mol. The Morgan fingerprint density at radius 3 is 2.00 bits per heavy atom. The molecular weight excluding hydrogens is 224 g/mol. The van der Waals surface area contributed by atoms with E-state index in [1.54, 1.807) is 0 Å². The Morgan fingerprint density at radius 1 is 1.06 bits per heavy atom. The molecule has 1 rings (SSSR count). The molecule has 0 bridgehead atoms. The zero-order valence-corrected chi connectivity index (χ0v) is 9.85. The first-order valence-electron chi connectivity index (χ1n) is 5.00. The lowest BCUT2D eigenvalue weighted by molar-refractivity contribution is 0.0650. The molecule has 5 nitrogen and oxygen atoms in total. The van der Waals surface area contributed by atoms with Crippen molar-refractivity contribution in [1.29, 1.82) is 0 Å². The van der Waals surface area contributed by atoms with E-state index >= 15 is 0 Å². The van der Waals surface area contributed by atoms with E-state index in [0.29, 0.717) is 5.75 Å². The number of carboxylic acid groups (broad SMARTS) is 2. The van der Waals surface area contributed by atoms with Crippen LogP contribution in [0.25, 0.3) is 0 Å². The van der Waals surface area contributed by atoms with Crippen molar-refractivity contribution >= 4 is 11.9 Å². The maximum atomic E-state index is 10.9. The zero-order valence-electron chi connectivity index (χ0n) is 9.85. The van der Waals surface area contributed by atoms with Crippen molar-refractivity contribution in [2.24, 2.45) is 0 Å². The van der Waals surface area contributed by atoms with Gasteiger partial charge in [-0.2, -0.15) is 0 Å². The van der Waals surface area contributed by atoms with Crippen LogP contribution in [-0.4, -0.2) is 27.8 Å². The van der Waals surface area contributed by atoms with Gasteiger partial charge in [0.15, 0.2) is 0 Å². The van der Waals surface area contributed by atoms with E-state index in [2.05, 4.69) is 0 Å². The molecule has 0 saturated carbocycles. The summed E-state index contributed by atoms with van der Waals surface area (Å²) in [6.07, 6.45) is 0. The molecule has 1 aromatic carbocycles. The van der Waals surface area contributed by atoms with Gasteiger partial charge in [0.1, 0.15) is 11.4 Å². The van der Waals surface area contributed by atoms with Gasteiger partial charge in [-0.1, -0.05) is 0 Å². The van der Waals surface area contributed by atoms with Crippen LogP contribution in [-0.2, 0) is 0 Å². The van der Waals surface area contributed by atoms with E-state index in [-0.39, 0.29) is 11.1 Å². The minimum atomic E-state index is -1.29. The first kappa shape index (κ1) is 13.0. The van der Waals surface area contributed by atoms with Crippen LogP contribution in [0.5, 0.6) is 5.75 Å². The van der Waals surface area contributed by atoms with Crippen molar-refractivity contribution in [2.45, 2.75) is 26.4 Å². The second kappa shape index (κ2) is 4.45. The lowest BCUT2D eigenvalue weighted by atomic mass is 10.1. The third-order valence-corrected chi connectivity index (χ3v) is 1.88. The fraction of sp³-hybridized carbons (Fsp3) is 0.333. The summed E-state index contributed by atoms with van der Waals surface area (Å²) in [7, 11) is 0. The monoisotopic (exact) mass is 238 g/mol. The van der Waals surface area contributed by atoms with Crippen LogP contribution in [0.1, 0.15) is 41.5 Å². The van der Waals surface area contributed by atoms with Gasteiger partial charge in [-0.3, -0.25) is 0 Å². The summed E-state index contributed by atoms with van der Waals surface area (Å²) in [5.41, 5.74) is -1.00. The molecule has 0 unspecified atom stereocenters. The van der Waals surface area contributed by atoms with Crippen LogP contribution < -0.4 is 4.74 Å². The highest BCUT2D eigenvalue weighted by molar-refractivity contribution is 6.01. The lowest BCUT2D eigenvalue weighted by Crippen LogP contribution is -2.23.